The first-order chi connectivity index (χ1) is 6.70. The molecule has 2 aliphatic rings. The number of β-amino-alcohol motifs (C(OH)–C–C–N with tert-alkyl or cyclic N) is 1. The van der Waals surface area contributed by atoms with Gasteiger partial charge in [-0.25, -0.2) is 0 Å². The average molecular weight is 198 g/mol. The third kappa shape index (κ3) is 2.07. The second kappa shape index (κ2) is 3.87. The van der Waals surface area contributed by atoms with Crippen LogP contribution in [0.2, 0.25) is 0 Å². The molecule has 4 atom stereocenters. The molecule has 0 aromatic rings. The van der Waals surface area contributed by atoms with Crippen molar-refractivity contribution in [3.8, 4) is 0 Å². The van der Waals surface area contributed by atoms with Gasteiger partial charge in [0.15, 0.2) is 0 Å². The smallest absolute Gasteiger partial charge is 0.237 e. The summed E-state index contributed by atoms with van der Waals surface area (Å²) in [6.45, 7) is 2.69. The van der Waals surface area contributed by atoms with E-state index in [1.165, 1.54) is 0 Å². The van der Waals surface area contributed by atoms with E-state index in [-0.39, 0.29) is 18.1 Å². The Kier molecular flexibility index (Phi) is 2.74. The summed E-state index contributed by atoms with van der Waals surface area (Å²) in [6.07, 6.45) is 2.46. The SMILES string of the molecule is CCC1CC1NC(=O)[C@H]1C[C@H](O)CN1. The lowest BCUT2D eigenvalue weighted by Crippen LogP contribution is -2.41. The lowest BCUT2D eigenvalue weighted by Gasteiger charge is -2.10. The van der Waals surface area contributed by atoms with Crippen molar-refractivity contribution in [3.05, 3.63) is 0 Å². The Labute approximate surface area is 84.1 Å². The molecular weight excluding hydrogens is 180 g/mol. The summed E-state index contributed by atoms with van der Waals surface area (Å²) in [5.74, 6) is 0.743. The Morgan fingerprint density at radius 3 is 2.86 bits per heavy atom. The van der Waals surface area contributed by atoms with Crippen molar-refractivity contribution in [2.45, 2.75) is 44.4 Å². The standard InChI is InChI=1S/C10H18N2O2/c1-2-6-3-8(6)12-10(14)9-4-7(13)5-11-9/h6-9,11,13H,2-5H2,1H3,(H,12,14)/t6?,7-,8?,9+/m0/s1. The molecule has 4 nitrogen and oxygen atoms in total. The van der Waals surface area contributed by atoms with Gasteiger partial charge >= 0.3 is 0 Å². The molecular formula is C10H18N2O2. The highest BCUT2D eigenvalue weighted by atomic mass is 16.3. The predicted octanol–water partition coefficient (Wildman–Crippen LogP) is -0.376. The maximum Gasteiger partial charge on any atom is 0.237 e. The molecule has 2 unspecified atom stereocenters. The number of aliphatic hydroxyl groups excluding tert-OH is 1. The highest BCUT2D eigenvalue weighted by Crippen LogP contribution is 2.33. The Hall–Kier alpha value is -0.610. The quantitative estimate of drug-likeness (QED) is 0.579. The minimum Gasteiger partial charge on any atom is -0.392 e. The molecule has 1 saturated carbocycles. The Balaban J connectivity index is 1.74. The van der Waals surface area contributed by atoms with Gasteiger partial charge in [-0.3, -0.25) is 4.79 Å². The summed E-state index contributed by atoms with van der Waals surface area (Å²) in [7, 11) is 0. The minimum atomic E-state index is -0.355. The topological polar surface area (TPSA) is 61.4 Å². The van der Waals surface area contributed by atoms with Gasteiger partial charge in [0.25, 0.3) is 0 Å². The number of rotatable bonds is 3. The van der Waals surface area contributed by atoms with E-state index in [0.29, 0.717) is 24.9 Å². The number of amides is 1. The monoisotopic (exact) mass is 198 g/mol. The third-order valence-corrected chi connectivity index (χ3v) is 3.20. The van der Waals surface area contributed by atoms with Crippen LogP contribution in [0.15, 0.2) is 0 Å². The number of nitrogens with one attached hydrogen (secondary N) is 2. The van der Waals surface area contributed by atoms with E-state index < -0.39 is 0 Å². The molecule has 14 heavy (non-hydrogen) atoms. The van der Waals surface area contributed by atoms with E-state index >= 15 is 0 Å². The zero-order valence-corrected chi connectivity index (χ0v) is 8.49. The van der Waals surface area contributed by atoms with Crippen LogP contribution in [0.25, 0.3) is 0 Å². The molecule has 0 spiro atoms. The number of hydrogen-bond acceptors (Lipinski definition) is 3. The maximum atomic E-state index is 11.6. The molecule has 1 aliphatic heterocycles. The van der Waals surface area contributed by atoms with Crippen molar-refractivity contribution < 1.29 is 9.90 Å². The van der Waals surface area contributed by atoms with Crippen LogP contribution in [-0.4, -0.2) is 35.7 Å². The van der Waals surface area contributed by atoms with Crippen LogP contribution in [0.5, 0.6) is 0 Å². The van der Waals surface area contributed by atoms with E-state index in [1.54, 1.807) is 0 Å². The van der Waals surface area contributed by atoms with Crippen molar-refractivity contribution in [1.29, 1.82) is 0 Å². The first kappa shape index (κ1) is 9.93. The van der Waals surface area contributed by atoms with Crippen molar-refractivity contribution in [2.24, 2.45) is 5.92 Å². The van der Waals surface area contributed by atoms with Crippen molar-refractivity contribution in [2.75, 3.05) is 6.54 Å². The van der Waals surface area contributed by atoms with Gasteiger partial charge in [-0.1, -0.05) is 13.3 Å². The second-order valence-electron chi connectivity index (χ2n) is 4.37. The molecule has 0 aromatic heterocycles. The fourth-order valence-corrected chi connectivity index (χ4v) is 2.08. The van der Waals surface area contributed by atoms with Gasteiger partial charge in [-0.15, -0.1) is 0 Å². The fraction of sp³-hybridized carbons (Fsp3) is 0.900. The van der Waals surface area contributed by atoms with Crippen LogP contribution in [0.1, 0.15) is 26.2 Å². The largest absolute Gasteiger partial charge is 0.392 e. The van der Waals surface area contributed by atoms with Gasteiger partial charge in [-0.05, 0) is 18.8 Å². The molecule has 2 fully saturated rings. The molecule has 0 radical (unpaired) electrons. The molecule has 0 bridgehead atoms. The van der Waals surface area contributed by atoms with Crippen LogP contribution in [-0.2, 0) is 4.79 Å². The van der Waals surface area contributed by atoms with Gasteiger partial charge in [0.05, 0.1) is 12.1 Å². The summed E-state index contributed by atoms with van der Waals surface area (Å²) < 4.78 is 0. The minimum absolute atomic E-state index is 0.0579. The molecule has 1 amide bonds. The fourth-order valence-electron chi connectivity index (χ4n) is 2.08. The average Bonchev–Trinajstić information content (AvgIpc) is 2.77. The number of carbonyl (C=O) groups excluding carboxylic acids is 1. The van der Waals surface area contributed by atoms with E-state index in [4.69, 9.17) is 0 Å². The second-order valence-corrected chi connectivity index (χ2v) is 4.37. The van der Waals surface area contributed by atoms with Gasteiger partial charge < -0.3 is 15.7 Å². The highest BCUT2D eigenvalue weighted by Gasteiger charge is 2.38. The first-order valence-corrected chi connectivity index (χ1v) is 5.42. The van der Waals surface area contributed by atoms with E-state index in [1.807, 2.05) is 0 Å². The molecule has 4 heteroatoms. The maximum absolute atomic E-state index is 11.6. The lowest BCUT2D eigenvalue weighted by molar-refractivity contribution is -0.123. The number of carbonyl (C=O) groups is 1. The Morgan fingerprint density at radius 2 is 2.36 bits per heavy atom. The lowest BCUT2D eigenvalue weighted by atomic mass is 10.2. The van der Waals surface area contributed by atoms with Gasteiger partial charge in [0.1, 0.15) is 0 Å². The number of hydrogen-bond donors (Lipinski definition) is 3. The summed E-state index contributed by atoms with van der Waals surface area (Å²) in [5, 5.41) is 15.3. The molecule has 3 N–H and O–H groups in total. The third-order valence-electron chi connectivity index (χ3n) is 3.20. The van der Waals surface area contributed by atoms with Gasteiger partial charge in [-0.2, -0.15) is 0 Å². The molecule has 1 heterocycles. The van der Waals surface area contributed by atoms with Crippen molar-refractivity contribution in [3.63, 3.8) is 0 Å². The van der Waals surface area contributed by atoms with E-state index in [0.717, 1.165) is 12.8 Å². The zero-order valence-electron chi connectivity index (χ0n) is 8.49. The van der Waals surface area contributed by atoms with Crippen LogP contribution in [0.3, 0.4) is 0 Å². The molecule has 1 aliphatic carbocycles. The molecule has 80 valence electrons. The Bertz CT molecular complexity index is 232. The summed E-state index contributed by atoms with van der Waals surface area (Å²) >= 11 is 0. The van der Waals surface area contributed by atoms with Crippen LogP contribution in [0.4, 0.5) is 0 Å². The van der Waals surface area contributed by atoms with Gasteiger partial charge in [0.2, 0.25) is 5.91 Å². The first-order valence-electron chi connectivity index (χ1n) is 5.42. The predicted molar refractivity (Wildman–Crippen MR) is 52.7 cm³/mol. The van der Waals surface area contributed by atoms with Crippen LogP contribution in [0, 0.1) is 5.92 Å². The summed E-state index contributed by atoms with van der Waals surface area (Å²) in [5.41, 5.74) is 0. The normalized spacial score (nSPS) is 41.0. The molecule has 1 saturated heterocycles. The Morgan fingerprint density at radius 1 is 1.57 bits per heavy atom. The zero-order chi connectivity index (χ0) is 10.1. The molecule has 0 aromatic carbocycles. The van der Waals surface area contributed by atoms with E-state index in [9.17, 15) is 9.90 Å². The highest BCUT2D eigenvalue weighted by molar-refractivity contribution is 5.82. The summed E-state index contributed by atoms with van der Waals surface area (Å²) in [6, 6.07) is 0.218. The van der Waals surface area contributed by atoms with Crippen LogP contribution >= 0.6 is 0 Å². The van der Waals surface area contributed by atoms with Crippen molar-refractivity contribution >= 4 is 5.91 Å². The molecule has 2 rings (SSSR count). The van der Waals surface area contributed by atoms with Crippen molar-refractivity contribution in [1.82, 2.24) is 10.6 Å². The number of aliphatic hydroxyl groups is 1. The van der Waals surface area contributed by atoms with E-state index in [2.05, 4.69) is 17.6 Å². The van der Waals surface area contributed by atoms with Crippen LogP contribution < -0.4 is 10.6 Å². The summed E-state index contributed by atoms with van der Waals surface area (Å²) in [4.78, 5) is 11.6. The van der Waals surface area contributed by atoms with Gasteiger partial charge in [0, 0.05) is 12.6 Å².